The molecule has 0 saturated heterocycles. The van der Waals surface area contributed by atoms with Crippen LogP contribution in [0.1, 0.15) is 27.3 Å². The summed E-state index contributed by atoms with van der Waals surface area (Å²) in [6.07, 6.45) is 1.37. The van der Waals surface area contributed by atoms with Crippen molar-refractivity contribution in [3.63, 3.8) is 0 Å². The van der Waals surface area contributed by atoms with Crippen molar-refractivity contribution in [1.82, 2.24) is 9.99 Å². The van der Waals surface area contributed by atoms with Gasteiger partial charge in [0.2, 0.25) is 5.75 Å². The molecule has 0 saturated carbocycles. The van der Waals surface area contributed by atoms with E-state index in [1.54, 1.807) is 24.3 Å². The van der Waals surface area contributed by atoms with Crippen molar-refractivity contribution in [1.29, 1.82) is 0 Å². The van der Waals surface area contributed by atoms with Gasteiger partial charge in [-0.1, -0.05) is 11.6 Å². The number of nitro benzene ring substituents is 2. The average Bonchev–Trinajstić information content (AvgIpc) is 3.26. The van der Waals surface area contributed by atoms with Crippen LogP contribution in [-0.4, -0.2) is 33.6 Å². The maximum absolute atomic E-state index is 12.7. The third-order valence-electron chi connectivity index (χ3n) is 5.86. The van der Waals surface area contributed by atoms with Crippen molar-refractivity contribution in [3.05, 3.63) is 114 Å². The molecule has 12 nitrogen and oxygen atoms in total. The van der Waals surface area contributed by atoms with Gasteiger partial charge in [0, 0.05) is 23.1 Å². The van der Waals surface area contributed by atoms with E-state index in [0.717, 1.165) is 35.3 Å². The topological polar surface area (TPSA) is 151 Å². The minimum Gasteiger partial charge on any atom is -0.493 e. The van der Waals surface area contributed by atoms with E-state index in [-0.39, 0.29) is 27.8 Å². The predicted octanol–water partition coefficient (Wildman–Crippen LogP) is 6.13. The highest BCUT2D eigenvalue weighted by atomic mass is 35.5. The number of carbonyl (C=O) groups excluding carboxylic acids is 1. The number of amides is 1. The fourth-order valence-electron chi connectivity index (χ4n) is 3.94. The van der Waals surface area contributed by atoms with E-state index in [1.165, 1.54) is 25.5 Å². The van der Waals surface area contributed by atoms with E-state index < -0.39 is 27.1 Å². The molecule has 0 radical (unpaired) electrons. The Labute approximate surface area is 232 Å². The Morgan fingerprint density at radius 3 is 2.25 bits per heavy atom. The molecule has 1 amide bonds. The quantitative estimate of drug-likeness (QED) is 0.146. The van der Waals surface area contributed by atoms with E-state index in [1.807, 2.05) is 30.5 Å². The molecule has 13 heteroatoms. The van der Waals surface area contributed by atoms with Gasteiger partial charge in [-0.3, -0.25) is 25.0 Å². The molecule has 3 aromatic carbocycles. The van der Waals surface area contributed by atoms with Crippen LogP contribution in [0.25, 0.3) is 5.69 Å². The fraction of sp³-hybridized carbons (Fsp3) is 0.111. The highest BCUT2D eigenvalue weighted by Crippen LogP contribution is 2.38. The lowest BCUT2D eigenvalue weighted by Crippen LogP contribution is -2.18. The maximum atomic E-state index is 12.7. The van der Waals surface area contributed by atoms with Crippen molar-refractivity contribution >= 4 is 35.1 Å². The molecule has 1 heterocycles. The van der Waals surface area contributed by atoms with E-state index in [4.69, 9.17) is 21.1 Å². The molecule has 0 spiro atoms. The maximum Gasteiger partial charge on any atom is 0.318 e. The van der Waals surface area contributed by atoms with Crippen LogP contribution in [0.15, 0.2) is 71.8 Å². The summed E-state index contributed by atoms with van der Waals surface area (Å²) in [6.45, 7) is 3.95. The van der Waals surface area contributed by atoms with Crippen LogP contribution in [0, 0.1) is 34.1 Å². The van der Waals surface area contributed by atoms with Crippen LogP contribution in [0.4, 0.5) is 11.4 Å². The van der Waals surface area contributed by atoms with E-state index in [0.29, 0.717) is 5.56 Å². The second-order valence-corrected chi connectivity index (χ2v) is 8.90. The van der Waals surface area contributed by atoms with Crippen molar-refractivity contribution in [3.8, 4) is 22.9 Å². The minimum atomic E-state index is -0.777. The number of nitrogens with zero attached hydrogens (tertiary/aromatic N) is 4. The number of halogens is 1. The van der Waals surface area contributed by atoms with Gasteiger partial charge in [0.05, 0.1) is 39.8 Å². The van der Waals surface area contributed by atoms with Crippen LogP contribution in [-0.2, 0) is 0 Å². The van der Waals surface area contributed by atoms with Gasteiger partial charge >= 0.3 is 5.69 Å². The molecule has 1 N–H and O–H groups in total. The normalized spacial score (nSPS) is 10.9. The molecule has 0 aliphatic carbocycles. The van der Waals surface area contributed by atoms with Gasteiger partial charge in [-0.15, -0.1) is 0 Å². The first-order valence-corrected chi connectivity index (χ1v) is 12.0. The molecule has 0 unspecified atom stereocenters. The van der Waals surface area contributed by atoms with E-state index >= 15 is 0 Å². The monoisotopic (exact) mass is 563 g/mol. The number of hydrogen-bond acceptors (Lipinski definition) is 8. The number of aryl methyl sites for hydroxylation is 2. The third kappa shape index (κ3) is 5.92. The number of non-ortho nitro benzene ring substituents is 1. The van der Waals surface area contributed by atoms with Gasteiger partial charge in [-0.25, -0.2) is 5.43 Å². The molecule has 0 aliphatic rings. The van der Waals surface area contributed by atoms with Gasteiger partial charge in [0.1, 0.15) is 0 Å². The lowest BCUT2D eigenvalue weighted by molar-refractivity contribution is -0.394. The summed E-state index contributed by atoms with van der Waals surface area (Å²) >= 11 is 6.39. The summed E-state index contributed by atoms with van der Waals surface area (Å²) in [6, 6.07) is 16.7. The van der Waals surface area contributed by atoms with Crippen LogP contribution in [0.2, 0.25) is 5.02 Å². The number of carbonyl (C=O) groups is 1. The zero-order valence-corrected chi connectivity index (χ0v) is 22.2. The standard InChI is InChI=1S/C27H22ClN5O7/c1-16-4-5-17(2)31(16)19-7-9-21(22(28)13-19)27(34)30-29-15-18-6-10-25(26(12-18)39-3)40-24-11-8-20(32(35)36)14-23(24)33(37)38/h4-15H,1-3H3,(H,30,34)/b29-15-. The SMILES string of the molecule is COc1cc(/C=N\NC(=O)c2ccc(-n3c(C)ccc3C)cc2Cl)ccc1Oc1ccc([N+](=O)[O-])cc1[N+](=O)[O-]. The predicted molar refractivity (Wildman–Crippen MR) is 148 cm³/mol. The number of hydrogen-bond donors (Lipinski definition) is 1. The summed E-state index contributed by atoms with van der Waals surface area (Å²) in [5.41, 5.74) is 5.08. The summed E-state index contributed by atoms with van der Waals surface area (Å²) in [4.78, 5) is 33.5. The molecule has 0 aliphatic heterocycles. The number of aromatic nitrogens is 1. The lowest BCUT2D eigenvalue weighted by Gasteiger charge is -2.12. The summed E-state index contributed by atoms with van der Waals surface area (Å²) in [5, 5.41) is 26.6. The van der Waals surface area contributed by atoms with Crippen LogP contribution in [0.3, 0.4) is 0 Å². The number of hydrazone groups is 1. The van der Waals surface area contributed by atoms with E-state index in [2.05, 4.69) is 10.5 Å². The second kappa shape index (κ2) is 11.7. The first-order valence-electron chi connectivity index (χ1n) is 11.7. The van der Waals surface area contributed by atoms with Crippen LogP contribution in [0.5, 0.6) is 17.2 Å². The Bertz CT molecular complexity index is 1650. The van der Waals surface area contributed by atoms with Crippen molar-refractivity contribution < 1.29 is 24.1 Å². The second-order valence-electron chi connectivity index (χ2n) is 8.49. The summed E-state index contributed by atoms with van der Waals surface area (Å²) in [7, 11) is 1.37. The number of nitrogens with one attached hydrogen (secondary N) is 1. The molecule has 4 aromatic rings. The van der Waals surface area contributed by atoms with Gasteiger partial charge < -0.3 is 14.0 Å². The van der Waals surface area contributed by atoms with Crippen molar-refractivity contribution in [2.75, 3.05) is 7.11 Å². The Kier molecular flexibility index (Phi) is 8.10. The Balaban J connectivity index is 1.48. The van der Waals surface area contributed by atoms with Gasteiger partial charge in [-0.05, 0) is 74.0 Å². The number of nitro groups is 2. The number of benzene rings is 3. The molecule has 0 bridgehead atoms. The minimum absolute atomic E-state index is 0.126. The highest BCUT2D eigenvalue weighted by molar-refractivity contribution is 6.34. The first-order chi connectivity index (χ1) is 19.1. The van der Waals surface area contributed by atoms with Crippen molar-refractivity contribution in [2.24, 2.45) is 5.10 Å². The molecule has 1 aromatic heterocycles. The highest BCUT2D eigenvalue weighted by Gasteiger charge is 2.22. The molecule has 204 valence electrons. The molecule has 40 heavy (non-hydrogen) atoms. The first kappa shape index (κ1) is 27.8. The molecular weight excluding hydrogens is 542 g/mol. The van der Waals surface area contributed by atoms with Crippen LogP contribution >= 0.6 is 11.6 Å². The molecule has 0 atom stereocenters. The zero-order chi connectivity index (χ0) is 29.0. The average molecular weight is 564 g/mol. The number of methoxy groups -OCH3 is 1. The van der Waals surface area contributed by atoms with Gasteiger partial charge in [0.15, 0.2) is 11.5 Å². The smallest absolute Gasteiger partial charge is 0.318 e. The van der Waals surface area contributed by atoms with E-state index in [9.17, 15) is 25.0 Å². The third-order valence-corrected chi connectivity index (χ3v) is 6.18. The Hall–Kier alpha value is -5.23. The fourth-order valence-corrected chi connectivity index (χ4v) is 4.20. The zero-order valence-electron chi connectivity index (χ0n) is 21.5. The van der Waals surface area contributed by atoms with Crippen LogP contribution < -0.4 is 14.9 Å². The molecular formula is C27H22ClN5O7. The Morgan fingerprint density at radius 1 is 0.925 bits per heavy atom. The Morgan fingerprint density at radius 2 is 1.62 bits per heavy atom. The molecule has 0 fully saturated rings. The molecule has 4 rings (SSSR count). The van der Waals surface area contributed by atoms with Gasteiger partial charge in [0.25, 0.3) is 11.6 Å². The number of rotatable bonds is 9. The number of ether oxygens (including phenoxy) is 2. The lowest BCUT2D eigenvalue weighted by atomic mass is 10.2. The van der Waals surface area contributed by atoms with Gasteiger partial charge in [-0.2, -0.15) is 5.10 Å². The summed E-state index contributed by atoms with van der Waals surface area (Å²) < 4.78 is 13.0. The largest absolute Gasteiger partial charge is 0.493 e. The summed E-state index contributed by atoms with van der Waals surface area (Å²) in [5.74, 6) is -0.378. The van der Waals surface area contributed by atoms with Crippen molar-refractivity contribution in [2.45, 2.75) is 13.8 Å².